The number of rotatable bonds is 9. The number of hydrogen-bond donors (Lipinski definition) is 1. The fourth-order valence-electron chi connectivity index (χ4n) is 6.94. The highest BCUT2D eigenvalue weighted by Gasteiger charge is 2.51. The minimum Gasteiger partial charge on any atom is -0.497 e. The Morgan fingerprint density at radius 2 is 1.89 bits per heavy atom. The van der Waals surface area contributed by atoms with Crippen LogP contribution in [-0.4, -0.2) is 37.7 Å². The van der Waals surface area contributed by atoms with Crippen LogP contribution < -0.4 is 15.0 Å². The molecule has 6 rings (SSSR count). The average Bonchev–Trinajstić information content (AvgIpc) is 3.08. The normalized spacial score (nSPS) is 20.5. The summed E-state index contributed by atoms with van der Waals surface area (Å²) < 4.78 is 11.0. The Bertz CT molecular complexity index is 1780. The molecule has 9 heteroatoms. The monoisotopic (exact) mass is 601 g/mol. The number of fused-ring (bicyclic) bond motifs is 3. The Morgan fingerprint density at radius 3 is 2.67 bits per heavy atom. The van der Waals surface area contributed by atoms with E-state index in [4.69, 9.17) is 15.0 Å². The Kier molecular flexibility index (Phi) is 8.82. The van der Waals surface area contributed by atoms with Crippen LogP contribution in [0.3, 0.4) is 0 Å². The number of ketones is 1. The van der Waals surface area contributed by atoms with Crippen molar-refractivity contribution in [2.24, 2.45) is 11.0 Å². The zero-order valence-electron chi connectivity index (χ0n) is 25.1. The first kappa shape index (κ1) is 29.9. The van der Waals surface area contributed by atoms with Crippen LogP contribution in [-0.2, 0) is 17.8 Å². The fraction of sp³-hybridized carbons (Fsp3) is 0.278. The number of azide groups is 1. The number of carbonyl (C=O) groups excluding carboxylic acids is 2. The van der Waals surface area contributed by atoms with Crippen LogP contribution in [0.4, 0.5) is 10.5 Å². The van der Waals surface area contributed by atoms with Crippen LogP contribution in [0.2, 0.25) is 0 Å². The number of methoxy groups -OCH3 is 1. The number of ether oxygens (including phenoxy) is 2. The molecule has 2 aliphatic rings. The number of anilines is 1. The molecular weight excluding hydrogens is 566 g/mol. The van der Waals surface area contributed by atoms with E-state index in [1.54, 1.807) is 30.2 Å². The molecule has 0 spiro atoms. The van der Waals surface area contributed by atoms with E-state index in [1.807, 2.05) is 36.4 Å². The lowest BCUT2D eigenvalue weighted by molar-refractivity contribution is 0.0796. The molecule has 4 aromatic rings. The first-order valence-electron chi connectivity index (χ1n) is 15.1. The van der Waals surface area contributed by atoms with E-state index in [0.29, 0.717) is 36.2 Å². The zero-order chi connectivity index (χ0) is 31.3. The van der Waals surface area contributed by atoms with E-state index in [2.05, 4.69) is 52.3 Å². The van der Waals surface area contributed by atoms with Crippen LogP contribution in [0.5, 0.6) is 5.75 Å². The molecule has 45 heavy (non-hydrogen) atoms. The lowest BCUT2D eigenvalue weighted by Gasteiger charge is -2.49. The van der Waals surface area contributed by atoms with Gasteiger partial charge in [-0.3, -0.25) is 9.69 Å². The minimum atomic E-state index is -0.523. The van der Waals surface area contributed by atoms with Crippen molar-refractivity contribution in [2.75, 3.05) is 18.6 Å². The van der Waals surface area contributed by atoms with Gasteiger partial charge in [0.25, 0.3) is 0 Å². The number of carbonyl (C=O) groups is 2. The molecule has 4 aromatic carbocycles. The molecule has 1 fully saturated rings. The molecule has 1 aliphatic heterocycles. The van der Waals surface area contributed by atoms with Gasteiger partial charge in [0.2, 0.25) is 0 Å². The maximum Gasteiger partial charge on any atom is 0.414 e. The fourth-order valence-corrected chi connectivity index (χ4v) is 6.94. The second kappa shape index (κ2) is 13.3. The second-order valence-corrected chi connectivity index (χ2v) is 11.5. The molecule has 228 valence electrons. The van der Waals surface area contributed by atoms with Gasteiger partial charge in [0, 0.05) is 23.1 Å². The van der Waals surface area contributed by atoms with Gasteiger partial charge in [0.15, 0.2) is 5.78 Å². The van der Waals surface area contributed by atoms with Gasteiger partial charge in [-0.15, -0.1) is 0 Å². The Morgan fingerprint density at radius 1 is 1.09 bits per heavy atom. The molecule has 1 saturated carbocycles. The van der Waals surface area contributed by atoms with Crippen molar-refractivity contribution in [3.8, 4) is 5.75 Å². The maximum absolute atomic E-state index is 14.5. The molecule has 9 nitrogen and oxygen atoms in total. The van der Waals surface area contributed by atoms with Crippen molar-refractivity contribution in [1.29, 1.82) is 0 Å². The first-order valence-corrected chi connectivity index (χ1v) is 15.1. The number of nitrogens with zero attached hydrogens (tertiary/aromatic N) is 4. The largest absolute Gasteiger partial charge is 0.497 e. The summed E-state index contributed by atoms with van der Waals surface area (Å²) in [5, 5.41) is 9.84. The van der Waals surface area contributed by atoms with E-state index < -0.39 is 18.1 Å². The van der Waals surface area contributed by atoms with Crippen molar-refractivity contribution in [1.82, 2.24) is 5.32 Å². The maximum atomic E-state index is 14.5. The van der Waals surface area contributed by atoms with Gasteiger partial charge >= 0.3 is 6.09 Å². The second-order valence-electron chi connectivity index (χ2n) is 11.5. The number of hydrogen-bond acceptors (Lipinski definition) is 6. The van der Waals surface area contributed by atoms with Gasteiger partial charge in [-0.25, -0.2) is 4.79 Å². The molecule has 1 N–H and O–H groups in total. The summed E-state index contributed by atoms with van der Waals surface area (Å²) in [7, 11) is 1.63. The minimum absolute atomic E-state index is 0.00520. The molecule has 1 aliphatic carbocycles. The zero-order valence-corrected chi connectivity index (χ0v) is 25.1. The summed E-state index contributed by atoms with van der Waals surface area (Å²) in [5.41, 5.74) is 12.7. The Balaban J connectivity index is 1.41. The smallest absolute Gasteiger partial charge is 0.414 e. The van der Waals surface area contributed by atoms with Crippen molar-refractivity contribution in [3.63, 3.8) is 0 Å². The average molecular weight is 602 g/mol. The van der Waals surface area contributed by atoms with Crippen LogP contribution in [0.1, 0.15) is 45.8 Å². The molecule has 4 atom stereocenters. The number of benzene rings is 4. The lowest BCUT2D eigenvalue weighted by atomic mass is 9.65. The number of Topliss-reactive ketones (excluding diaryl/α,β-unsaturated/α-hetero) is 1. The van der Waals surface area contributed by atoms with Crippen LogP contribution >= 0.6 is 0 Å². The van der Waals surface area contributed by atoms with Crippen molar-refractivity contribution >= 4 is 28.3 Å². The molecule has 1 heterocycles. The van der Waals surface area contributed by atoms with Crippen LogP contribution in [0.15, 0.2) is 103 Å². The summed E-state index contributed by atoms with van der Waals surface area (Å²) in [6.45, 7) is 4.50. The van der Waals surface area contributed by atoms with Crippen LogP contribution in [0.25, 0.3) is 21.2 Å². The third kappa shape index (κ3) is 6.00. The van der Waals surface area contributed by atoms with Gasteiger partial charge in [0.05, 0.1) is 31.3 Å². The molecule has 0 radical (unpaired) electrons. The molecule has 0 saturated heterocycles. The highest BCUT2D eigenvalue weighted by molar-refractivity contribution is 6.10. The lowest BCUT2D eigenvalue weighted by Crippen LogP contribution is -2.58. The summed E-state index contributed by atoms with van der Waals surface area (Å²) in [4.78, 5) is 32.7. The van der Waals surface area contributed by atoms with Gasteiger partial charge in [-0.05, 0) is 76.0 Å². The number of nitrogens with one attached hydrogen (secondary N) is 1. The Labute approximate surface area is 262 Å². The van der Waals surface area contributed by atoms with Crippen molar-refractivity contribution in [3.05, 3.63) is 130 Å². The Hall–Kier alpha value is -5.11. The molecule has 0 bridgehead atoms. The van der Waals surface area contributed by atoms with E-state index >= 15 is 0 Å². The van der Waals surface area contributed by atoms with Crippen LogP contribution in [0, 0.1) is 5.92 Å². The van der Waals surface area contributed by atoms with Crippen molar-refractivity contribution < 1.29 is 19.1 Å². The van der Waals surface area contributed by atoms with E-state index in [-0.39, 0.29) is 30.9 Å². The van der Waals surface area contributed by atoms with E-state index in [9.17, 15) is 9.59 Å². The van der Waals surface area contributed by atoms with Gasteiger partial charge < -0.3 is 14.8 Å². The molecule has 1 amide bonds. The molecule has 0 aromatic heterocycles. The standard InChI is InChI=1S/C36H35N5O4/c1-3-17-45-36(43)41-32-16-11-23(21-39-40-37)18-31(32)35(42)34-30(25-12-14-28(44-2)15-13-25)19-27(20-33(34)41)38-22-26-9-6-8-24-7-4-5-10-29(24)26/h3-16,18,27,30,33-34,38H,1,17,19-22H2,2H3. The van der Waals surface area contributed by atoms with Gasteiger partial charge in [-0.1, -0.05) is 78.4 Å². The van der Waals surface area contributed by atoms with Gasteiger partial charge in [-0.2, -0.15) is 0 Å². The summed E-state index contributed by atoms with van der Waals surface area (Å²) in [5.74, 6) is 0.0107. The van der Waals surface area contributed by atoms with E-state index in [1.165, 1.54) is 22.4 Å². The number of amides is 1. The third-order valence-electron chi connectivity index (χ3n) is 8.98. The highest BCUT2D eigenvalue weighted by atomic mass is 16.6. The molecular formula is C36H35N5O4. The third-order valence-corrected chi connectivity index (χ3v) is 8.98. The first-order chi connectivity index (χ1) is 22.0. The predicted octanol–water partition coefficient (Wildman–Crippen LogP) is 7.70. The molecule has 4 unspecified atom stereocenters. The quantitative estimate of drug-likeness (QED) is 0.0913. The summed E-state index contributed by atoms with van der Waals surface area (Å²) >= 11 is 0. The SMILES string of the molecule is C=CCOC(=O)N1c2ccc(CN=[N+]=[N-])cc2C(=O)C2C(c3ccc(OC)cc3)CC(NCc3cccc4ccccc34)CC21. The van der Waals surface area contributed by atoms with Gasteiger partial charge in [0.1, 0.15) is 12.4 Å². The summed E-state index contributed by atoms with van der Waals surface area (Å²) in [6, 6.07) is 27.3. The van der Waals surface area contributed by atoms with Crippen molar-refractivity contribution in [2.45, 2.75) is 43.9 Å². The summed E-state index contributed by atoms with van der Waals surface area (Å²) in [6.07, 6.45) is 2.28. The topological polar surface area (TPSA) is 117 Å². The van der Waals surface area contributed by atoms with E-state index in [0.717, 1.165) is 11.3 Å². The highest BCUT2D eigenvalue weighted by Crippen LogP contribution is 2.48. The predicted molar refractivity (Wildman–Crippen MR) is 174 cm³/mol.